The number of nitrogens with two attached hydrogens (primary N) is 2. The Morgan fingerprint density at radius 2 is 1.72 bits per heavy atom. The van der Waals surface area contributed by atoms with Crippen molar-refractivity contribution >= 4 is 23.4 Å². The van der Waals surface area contributed by atoms with Crippen molar-refractivity contribution in [2.75, 3.05) is 16.8 Å². The van der Waals surface area contributed by atoms with Gasteiger partial charge in [0.2, 0.25) is 11.9 Å². The number of nitrogen functional groups attached to an aromatic ring is 2. The SMILES string of the molecule is Nc1nc(N)c(-c2ccc(NC(=O)C3CC3)cc2)c(COCc2ccccc2)n1. The van der Waals surface area contributed by atoms with Crippen LogP contribution in [0, 0.1) is 5.92 Å². The highest BCUT2D eigenvalue weighted by Crippen LogP contribution is 2.32. The first kappa shape index (κ1) is 18.9. The van der Waals surface area contributed by atoms with Gasteiger partial charge in [-0.25, -0.2) is 4.98 Å². The topological polar surface area (TPSA) is 116 Å². The third kappa shape index (κ3) is 4.70. The Kier molecular flexibility index (Phi) is 5.39. The van der Waals surface area contributed by atoms with Gasteiger partial charge in [-0.1, -0.05) is 42.5 Å². The van der Waals surface area contributed by atoms with E-state index in [2.05, 4.69) is 15.3 Å². The van der Waals surface area contributed by atoms with Crippen LogP contribution in [0.15, 0.2) is 54.6 Å². The summed E-state index contributed by atoms with van der Waals surface area (Å²) in [7, 11) is 0. The molecule has 0 aliphatic heterocycles. The maximum Gasteiger partial charge on any atom is 0.227 e. The van der Waals surface area contributed by atoms with Gasteiger partial charge >= 0.3 is 0 Å². The summed E-state index contributed by atoms with van der Waals surface area (Å²) in [6.07, 6.45) is 1.94. The van der Waals surface area contributed by atoms with Gasteiger partial charge in [0.15, 0.2) is 0 Å². The Morgan fingerprint density at radius 3 is 2.41 bits per heavy atom. The van der Waals surface area contributed by atoms with E-state index in [0.717, 1.165) is 29.7 Å². The van der Waals surface area contributed by atoms with Crippen LogP contribution in [0.4, 0.5) is 17.5 Å². The lowest BCUT2D eigenvalue weighted by Crippen LogP contribution is -2.13. The smallest absolute Gasteiger partial charge is 0.227 e. The highest BCUT2D eigenvalue weighted by atomic mass is 16.5. The Balaban J connectivity index is 1.51. The molecule has 0 bridgehead atoms. The predicted octanol–water partition coefficient (Wildman–Crippen LogP) is 3.37. The molecule has 1 fully saturated rings. The largest absolute Gasteiger partial charge is 0.383 e. The number of amides is 1. The molecule has 2 aromatic carbocycles. The Hall–Kier alpha value is -3.45. The molecule has 1 aliphatic carbocycles. The number of nitrogens with one attached hydrogen (secondary N) is 1. The Bertz CT molecular complexity index is 1000. The lowest BCUT2D eigenvalue weighted by atomic mass is 10.0. The minimum atomic E-state index is 0.0723. The standard InChI is InChI=1S/C22H23N5O2/c23-20-19(15-8-10-17(11-9-15)25-21(28)16-6-7-16)18(26-22(24)27-20)13-29-12-14-4-2-1-3-5-14/h1-5,8-11,16H,6-7,12-13H2,(H,25,28)(H4,23,24,26,27). The Labute approximate surface area is 169 Å². The van der Waals surface area contributed by atoms with Crippen molar-refractivity contribution in [3.8, 4) is 11.1 Å². The fraction of sp³-hybridized carbons (Fsp3) is 0.227. The van der Waals surface area contributed by atoms with Crippen LogP contribution < -0.4 is 16.8 Å². The number of nitrogens with zero attached hydrogens (tertiary/aromatic N) is 2. The van der Waals surface area contributed by atoms with Crippen LogP contribution in [0.3, 0.4) is 0 Å². The van der Waals surface area contributed by atoms with E-state index < -0.39 is 0 Å². The number of anilines is 3. The molecule has 1 saturated carbocycles. The molecule has 1 aromatic heterocycles. The molecule has 0 radical (unpaired) electrons. The van der Waals surface area contributed by atoms with Crippen molar-refractivity contribution in [3.63, 3.8) is 0 Å². The molecule has 1 heterocycles. The zero-order valence-electron chi connectivity index (χ0n) is 16.0. The summed E-state index contributed by atoms with van der Waals surface area (Å²) in [5, 5.41) is 2.93. The molecule has 148 valence electrons. The van der Waals surface area contributed by atoms with Gasteiger partial charge in [0.25, 0.3) is 0 Å². The third-order valence-electron chi connectivity index (χ3n) is 4.77. The number of aromatic nitrogens is 2. The zero-order valence-corrected chi connectivity index (χ0v) is 16.0. The van der Waals surface area contributed by atoms with Crippen LogP contribution in [-0.2, 0) is 22.7 Å². The second-order valence-corrected chi connectivity index (χ2v) is 7.11. The minimum Gasteiger partial charge on any atom is -0.383 e. The first-order chi connectivity index (χ1) is 14.1. The molecule has 4 rings (SSSR count). The lowest BCUT2D eigenvalue weighted by Gasteiger charge is -2.13. The molecular formula is C22H23N5O2. The van der Waals surface area contributed by atoms with Gasteiger partial charge in [0.1, 0.15) is 5.82 Å². The molecule has 0 saturated heterocycles. The average molecular weight is 389 g/mol. The van der Waals surface area contributed by atoms with E-state index in [9.17, 15) is 4.79 Å². The van der Waals surface area contributed by atoms with E-state index in [1.807, 2.05) is 54.6 Å². The Morgan fingerprint density at radius 1 is 1.00 bits per heavy atom. The van der Waals surface area contributed by atoms with Gasteiger partial charge in [0.05, 0.1) is 18.9 Å². The van der Waals surface area contributed by atoms with Gasteiger partial charge in [-0.05, 0) is 36.1 Å². The van der Waals surface area contributed by atoms with Crippen molar-refractivity contribution < 1.29 is 9.53 Å². The maximum atomic E-state index is 11.9. The van der Waals surface area contributed by atoms with Crippen molar-refractivity contribution in [1.29, 1.82) is 0 Å². The highest BCUT2D eigenvalue weighted by Gasteiger charge is 2.29. The van der Waals surface area contributed by atoms with Crippen molar-refractivity contribution in [3.05, 3.63) is 65.9 Å². The normalized spacial score (nSPS) is 13.2. The van der Waals surface area contributed by atoms with E-state index >= 15 is 0 Å². The summed E-state index contributed by atoms with van der Waals surface area (Å²) in [5.41, 5.74) is 15.9. The second kappa shape index (κ2) is 8.28. The fourth-order valence-electron chi connectivity index (χ4n) is 3.12. The van der Waals surface area contributed by atoms with Crippen LogP contribution >= 0.6 is 0 Å². The molecule has 1 aliphatic rings. The summed E-state index contributed by atoms with van der Waals surface area (Å²) in [6.45, 7) is 0.706. The first-order valence-electron chi connectivity index (χ1n) is 9.55. The van der Waals surface area contributed by atoms with Crippen molar-refractivity contribution in [1.82, 2.24) is 9.97 Å². The number of hydrogen-bond donors (Lipinski definition) is 3. The van der Waals surface area contributed by atoms with E-state index in [-0.39, 0.29) is 24.4 Å². The zero-order chi connectivity index (χ0) is 20.2. The summed E-state index contributed by atoms with van der Waals surface area (Å²) < 4.78 is 5.83. The first-order valence-corrected chi connectivity index (χ1v) is 9.55. The molecule has 7 heteroatoms. The molecule has 0 unspecified atom stereocenters. The number of ether oxygens (including phenoxy) is 1. The van der Waals surface area contributed by atoms with Crippen LogP contribution in [0.1, 0.15) is 24.1 Å². The summed E-state index contributed by atoms with van der Waals surface area (Å²) >= 11 is 0. The van der Waals surface area contributed by atoms with Gasteiger partial charge < -0.3 is 21.5 Å². The second-order valence-electron chi connectivity index (χ2n) is 7.11. The fourth-order valence-corrected chi connectivity index (χ4v) is 3.12. The number of benzene rings is 2. The quantitative estimate of drug-likeness (QED) is 0.570. The van der Waals surface area contributed by atoms with E-state index in [1.165, 1.54) is 0 Å². The number of carbonyl (C=O) groups is 1. The van der Waals surface area contributed by atoms with E-state index in [0.29, 0.717) is 23.7 Å². The van der Waals surface area contributed by atoms with Gasteiger partial charge in [-0.3, -0.25) is 4.79 Å². The van der Waals surface area contributed by atoms with Crippen molar-refractivity contribution in [2.45, 2.75) is 26.1 Å². The summed E-state index contributed by atoms with van der Waals surface area (Å²) in [6, 6.07) is 17.4. The van der Waals surface area contributed by atoms with E-state index in [4.69, 9.17) is 16.2 Å². The minimum absolute atomic E-state index is 0.0723. The molecule has 7 nitrogen and oxygen atoms in total. The van der Waals surface area contributed by atoms with Gasteiger partial charge in [0, 0.05) is 17.2 Å². The van der Waals surface area contributed by atoms with Crippen LogP contribution in [0.2, 0.25) is 0 Å². The molecule has 0 spiro atoms. The van der Waals surface area contributed by atoms with Crippen LogP contribution in [0.5, 0.6) is 0 Å². The average Bonchev–Trinajstić information content (AvgIpc) is 3.55. The molecule has 3 aromatic rings. The highest BCUT2D eigenvalue weighted by molar-refractivity contribution is 5.94. The third-order valence-corrected chi connectivity index (χ3v) is 4.77. The van der Waals surface area contributed by atoms with Gasteiger partial charge in [-0.2, -0.15) is 4.98 Å². The molecule has 1 amide bonds. The number of hydrogen-bond acceptors (Lipinski definition) is 6. The van der Waals surface area contributed by atoms with Crippen molar-refractivity contribution in [2.24, 2.45) is 5.92 Å². The molecule has 29 heavy (non-hydrogen) atoms. The lowest BCUT2D eigenvalue weighted by molar-refractivity contribution is -0.117. The molecule has 0 atom stereocenters. The number of carbonyl (C=O) groups excluding carboxylic acids is 1. The predicted molar refractivity (Wildman–Crippen MR) is 113 cm³/mol. The van der Waals surface area contributed by atoms with Gasteiger partial charge in [-0.15, -0.1) is 0 Å². The molecular weight excluding hydrogens is 366 g/mol. The van der Waals surface area contributed by atoms with Crippen LogP contribution in [0.25, 0.3) is 11.1 Å². The van der Waals surface area contributed by atoms with E-state index in [1.54, 1.807) is 0 Å². The van der Waals surface area contributed by atoms with Crippen LogP contribution in [-0.4, -0.2) is 15.9 Å². The summed E-state index contributed by atoms with van der Waals surface area (Å²) in [5.74, 6) is 0.635. The maximum absolute atomic E-state index is 11.9. The monoisotopic (exact) mass is 389 g/mol. The number of rotatable bonds is 7. The summed E-state index contributed by atoms with van der Waals surface area (Å²) in [4.78, 5) is 20.4. The molecule has 5 N–H and O–H groups in total.